The summed E-state index contributed by atoms with van der Waals surface area (Å²) in [7, 11) is 0. The first-order valence-electron chi connectivity index (χ1n) is 7.06. The van der Waals surface area contributed by atoms with Gasteiger partial charge in [-0.2, -0.15) is 0 Å². The molecule has 0 aromatic rings. The van der Waals surface area contributed by atoms with Gasteiger partial charge in [-0.15, -0.1) is 0 Å². The lowest BCUT2D eigenvalue weighted by molar-refractivity contribution is -0.141. The molecule has 19 heavy (non-hydrogen) atoms. The molecule has 2 amide bonds. The Labute approximate surface area is 113 Å². The minimum atomic E-state index is -0.309. The maximum Gasteiger partial charge on any atom is 0.248 e. The van der Waals surface area contributed by atoms with Crippen molar-refractivity contribution in [1.29, 1.82) is 0 Å². The van der Waals surface area contributed by atoms with Crippen LogP contribution >= 0.6 is 0 Å². The number of carbonyl (C=O) groups is 2. The molecule has 1 unspecified atom stereocenters. The van der Waals surface area contributed by atoms with Crippen molar-refractivity contribution in [1.82, 2.24) is 10.2 Å². The number of amides is 2. The molecule has 0 saturated carbocycles. The van der Waals surface area contributed by atoms with Gasteiger partial charge in [0.25, 0.3) is 0 Å². The Kier molecular flexibility index (Phi) is 5.15. The van der Waals surface area contributed by atoms with Gasteiger partial charge in [0.2, 0.25) is 11.8 Å². The highest BCUT2D eigenvalue weighted by atomic mass is 16.5. The summed E-state index contributed by atoms with van der Waals surface area (Å²) in [6.07, 6.45) is 3.72. The zero-order chi connectivity index (χ0) is 13.7. The van der Waals surface area contributed by atoms with E-state index in [-0.39, 0.29) is 30.4 Å². The van der Waals surface area contributed by atoms with Crippen molar-refractivity contribution in [3.05, 3.63) is 0 Å². The quantitative estimate of drug-likeness (QED) is 0.719. The second-order valence-electron chi connectivity index (χ2n) is 5.34. The molecule has 0 aliphatic carbocycles. The number of nitrogens with zero attached hydrogens (tertiary/aromatic N) is 1. The number of carbonyl (C=O) groups excluding carboxylic acids is 2. The Morgan fingerprint density at radius 2 is 2.00 bits per heavy atom. The Balaban J connectivity index is 1.74. The molecule has 2 saturated heterocycles. The second-order valence-corrected chi connectivity index (χ2v) is 5.34. The molecule has 2 heterocycles. The average molecular weight is 269 g/mol. The van der Waals surface area contributed by atoms with E-state index in [4.69, 9.17) is 10.5 Å². The van der Waals surface area contributed by atoms with Crippen molar-refractivity contribution in [3.8, 4) is 0 Å². The highest BCUT2D eigenvalue weighted by molar-refractivity contribution is 5.80. The molecule has 0 aromatic carbocycles. The summed E-state index contributed by atoms with van der Waals surface area (Å²) in [6, 6.07) is 0. The molecule has 108 valence electrons. The van der Waals surface area contributed by atoms with E-state index in [9.17, 15) is 9.59 Å². The first-order chi connectivity index (χ1) is 9.16. The van der Waals surface area contributed by atoms with Crippen LogP contribution in [-0.4, -0.2) is 55.6 Å². The number of nitrogens with two attached hydrogens (primary N) is 1. The van der Waals surface area contributed by atoms with Crippen LogP contribution in [0.3, 0.4) is 0 Å². The standard InChI is InChI=1S/C13H23N3O3/c14-13(18)10-2-1-7-16(8-10)12(17)9-19-11-3-5-15-6-4-11/h10-11,15H,1-9H2,(H2,14,18). The SMILES string of the molecule is NC(=O)C1CCCN(C(=O)COC2CCNCC2)C1. The van der Waals surface area contributed by atoms with Crippen LogP contribution in [0.25, 0.3) is 0 Å². The number of ether oxygens (including phenoxy) is 1. The smallest absolute Gasteiger partial charge is 0.248 e. The number of likely N-dealkylation sites (tertiary alicyclic amines) is 1. The second kappa shape index (κ2) is 6.86. The van der Waals surface area contributed by atoms with Gasteiger partial charge in [-0.25, -0.2) is 0 Å². The van der Waals surface area contributed by atoms with Gasteiger partial charge in [0.15, 0.2) is 0 Å². The van der Waals surface area contributed by atoms with Crippen LogP contribution in [-0.2, 0) is 14.3 Å². The van der Waals surface area contributed by atoms with E-state index >= 15 is 0 Å². The van der Waals surface area contributed by atoms with Crippen molar-refractivity contribution in [2.45, 2.75) is 31.8 Å². The van der Waals surface area contributed by atoms with Crippen molar-refractivity contribution >= 4 is 11.8 Å². The van der Waals surface area contributed by atoms with E-state index in [1.54, 1.807) is 4.90 Å². The summed E-state index contributed by atoms with van der Waals surface area (Å²) in [5.74, 6) is -0.530. The first-order valence-corrected chi connectivity index (χ1v) is 7.06. The van der Waals surface area contributed by atoms with E-state index in [2.05, 4.69) is 5.32 Å². The third-order valence-electron chi connectivity index (χ3n) is 3.91. The van der Waals surface area contributed by atoms with Gasteiger partial charge in [0.1, 0.15) is 6.61 Å². The van der Waals surface area contributed by atoms with Gasteiger partial charge in [-0.05, 0) is 38.8 Å². The van der Waals surface area contributed by atoms with E-state index in [0.717, 1.165) is 38.8 Å². The molecule has 6 nitrogen and oxygen atoms in total. The zero-order valence-corrected chi connectivity index (χ0v) is 11.3. The highest BCUT2D eigenvalue weighted by Crippen LogP contribution is 2.16. The van der Waals surface area contributed by atoms with Crippen molar-refractivity contribution in [3.63, 3.8) is 0 Å². The van der Waals surface area contributed by atoms with Gasteiger partial charge in [0, 0.05) is 13.1 Å². The molecular formula is C13H23N3O3. The molecule has 3 N–H and O–H groups in total. The van der Waals surface area contributed by atoms with Gasteiger partial charge < -0.3 is 20.7 Å². The molecule has 2 rings (SSSR count). The molecular weight excluding hydrogens is 246 g/mol. The lowest BCUT2D eigenvalue weighted by atomic mass is 9.97. The first kappa shape index (κ1) is 14.3. The fraction of sp³-hybridized carbons (Fsp3) is 0.846. The van der Waals surface area contributed by atoms with Crippen molar-refractivity contribution < 1.29 is 14.3 Å². The number of hydrogen-bond acceptors (Lipinski definition) is 4. The fourth-order valence-electron chi connectivity index (χ4n) is 2.68. The van der Waals surface area contributed by atoms with Crippen LogP contribution in [0.4, 0.5) is 0 Å². The molecule has 2 aliphatic heterocycles. The normalized spacial score (nSPS) is 25.3. The minimum absolute atomic E-state index is 0.0236. The predicted molar refractivity (Wildman–Crippen MR) is 70.3 cm³/mol. The Bertz CT molecular complexity index is 329. The summed E-state index contributed by atoms with van der Waals surface area (Å²) in [5.41, 5.74) is 5.31. The number of hydrogen-bond donors (Lipinski definition) is 2. The Hall–Kier alpha value is -1.14. The third-order valence-corrected chi connectivity index (χ3v) is 3.91. The maximum atomic E-state index is 12.0. The number of nitrogens with one attached hydrogen (secondary N) is 1. The zero-order valence-electron chi connectivity index (χ0n) is 11.3. The number of piperidine rings is 2. The monoisotopic (exact) mass is 269 g/mol. The van der Waals surface area contributed by atoms with E-state index < -0.39 is 0 Å². The summed E-state index contributed by atoms with van der Waals surface area (Å²) in [6.45, 7) is 3.18. The largest absolute Gasteiger partial charge is 0.369 e. The van der Waals surface area contributed by atoms with E-state index in [1.165, 1.54) is 0 Å². The summed E-state index contributed by atoms with van der Waals surface area (Å²) in [5, 5.41) is 3.26. The maximum absolute atomic E-state index is 12.0. The topological polar surface area (TPSA) is 84.7 Å². The highest BCUT2D eigenvalue weighted by Gasteiger charge is 2.27. The van der Waals surface area contributed by atoms with E-state index in [0.29, 0.717) is 13.1 Å². The van der Waals surface area contributed by atoms with Crippen LogP contribution in [0.2, 0.25) is 0 Å². The fourth-order valence-corrected chi connectivity index (χ4v) is 2.68. The van der Waals surface area contributed by atoms with Crippen LogP contribution in [0, 0.1) is 5.92 Å². The number of rotatable bonds is 4. The molecule has 1 atom stereocenters. The van der Waals surface area contributed by atoms with Gasteiger partial charge in [-0.3, -0.25) is 9.59 Å². The van der Waals surface area contributed by atoms with Crippen LogP contribution in [0.1, 0.15) is 25.7 Å². The van der Waals surface area contributed by atoms with Crippen LogP contribution < -0.4 is 11.1 Å². The van der Waals surface area contributed by atoms with Gasteiger partial charge in [0.05, 0.1) is 12.0 Å². The lowest BCUT2D eigenvalue weighted by Crippen LogP contribution is -2.46. The van der Waals surface area contributed by atoms with Crippen LogP contribution in [0.5, 0.6) is 0 Å². The van der Waals surface area contributed by atoms with E-state index in [1.807, 2.05) is 0 Å². The van der Waals surface area contributed by atoms with Gasteiger partial charge in [-0.1, -0.05) is 0 Å². The average Bonchev–Trinajstić information content (AvgIpc) is 2.46. The molecule has 0 aromatic heterocycles. The Morgan fingerprint density at radius 3 is 2.68 bits per heavy atom. The molecule has 2 aliphatic rings. The number of primary amides is 1. The van der Waals surface area contributed by atoms with Crippen molar-refractivity contribution in [2.24, 2.45) is 11.7 Å². The summed E-state index contributed by atoms with van der Waals surface area (Å²) >= 11 is 0. The molecule has 2 fully saturated rings. The summed E-state index contributed by atoms with van der Waals surface area (Å²) in [4.78, 5) is 24.9. The Morgan fingerprint density at radius 1 is 1.26 bits per heavy atom. The predicted octanol–water partition coefficient (Wildman–Crippen LogP) is -0.521. The third kappa shape index (κ3) is 4.18. The van der Waals surface area contributed by atoms with Crippen molar-refractivity contribution in [2.75, 3.05) is 32.8 Å². The van der Waals surface area contributed by atoms with Gasteiger partial charge >= 0.3 is 0 Å². The lowest BCUT2D eigenvalue weighted by Gasteiger charge is -2.32. The van der Waals surface area contributed by atoms with Crippen LogP contribution in [0.15, 0.2) is 0 Å². The molecule has 0 bridgehead atoms. The molecule has 0 radical (unpaired) electrons. The molecule has 0 spiro atoms. The minimum Gasteiger partial charge on any atom is -0.369 e. The molecule has 6 heteroatoms. The summed E-state index contributed by atoms with van der Waals surface area (Å²) < 4.78 is 5.65.